The maximum Gasteiger partial charge on any atom is 0.263 e. The number of allylic oxidation sites excluding steroid dienone is 2. The van der Waals surface area contributed by atoms with E-state index < -0.39 is 0 Å². The van der Waals surface area contributed by atoms with Crippen LogP contribution >= 0.6 is 0 Å². The van der Waals surface area contributed by atoms with Crippen LogP contribution in [-0.4, -0.2) is 31.8 Å². The smallest absolute Gasteiger partial charge is 0.263 e. The van der Waals surface area contributed by atoms with Gasteiger partial charge in [-0.1, -0.05) is 35.9 Å². The summed E-state index contributed by atoms with van der Waals surface area (Å²) in [6.07, 6.45) is 3.85. The van der Waals surface area contributed by atoms with E-state index in [0.717, 1.165) is 24.1 Å². The summed E-state index contributed by atoms with van der Waals surface area (Å²) in [5, 5.41) is 16.1. The zero-order valence-electron chi connectivity index (χ0n) is 12.2. The first-order chi connectivity index (χ1) is 10.7. The molecule has 1 aromatic heterocycles. The molecule has 0 unspecified atom stereocenters. The molecule has 0 saturated carbocycles. The number of rotatable bonds is 4. The number of carbonyl (C=O) groups excluding carboxylic acids is 1. The van der Waals surface area contributed by atoms with E-state index in [1.54, 1.807) is 0 Å². The molecule has 0 aliphatic heterocycles. The summed E-state index contributed by atoms with van der Waals surface area (Å²) in [4.78, 5) is 13.1. The lowest BCUT2D eigenvalue weighted by molar-refractivity contribution is -0.122. The number of carbonyl (C=O) groups is 1. The van der Waals surface area contributed by atoms with Crippen molar-refractivity contribution in [2.75, 3.05) is 0 Å². The average Bonchev–Trinajstić information content (AvgIpc) is 3.15. The summed E-state index contributed by atoms with van der Waals surface area (Å²) in [6, 6.07) is 9.50. The molecule has 112 valence electrons. The van der Waals surface area contributed by atoms with Crippen LogP contribution in [0.25, 0.3) is 11.4 Å². The lowest BCUT2D eigenvalue weighted by Crippen LogP contribution is -2.25. The van der Waals surface area contributed by atoms with E-state index in [0.29, 0.717) is 5.82 Å². The second kappa shape index (κ2) is 6.30. The highest BCUT2D eigenvalue weighted by Crippen LogP contribution is 2.14. The minimum absolute atomic E-state index is 0.0146. The Morgan fingerprint density at radius 3 is 2.86 bits per heavy atom. The van der Waals surface area contributed by atoms with E-state index in [4.69, 9.17) is 0 Å². The molecule has 1 amide bonds. The van der Waals surface area contributed by atoms with Gasteiger partial charge in [0.2, 0.25) is 5.82 Å². The highest BCUT2D eigenvalue weighted by molar-refractivity contribution is 5.98. The van der Waals surface area contributed by atoms with Crippen LogP contribution in [0.3, 0.4) is 0 Å². The minimum atomic E-state index is -0.275. The molecule has 0 saturated heterocycles. The van der Waals surface area contributed by atoms with E-state index in [1.165, 1.54) is 10.4 Å². The predicted molar refractivity (Wildman–Crippen MR) is 81.8 cm³/mol. The standard InChI is InChI=1S/C15H16N6O/c1-11-7-8-13(9-11)16-17-14(22)10-21-19-15(18-20-21)12-5-3-2-4-6-12/h2-6,9H,7-8,10H2,1H3,(H,17,22)/b16-13+. The first-order valence-corrected chi connectivity index (χ1v) is 7.06. The van der Waals surface area contributed by atoms with Crippen LogP contribution in [0.15, 0.2) is 47.1 Å². The summed E-state index contributed by atoms with van der Waals surface area (Å²) < 4.78 is 0. The molecule has 1 aliphatic carbocycles. The van der Waals surface area contributed by atoms with Crippen LogP contribution in [-0.2, 0) is 11.3 Å². The Balaban J connectivity index is 1.60. The van der Waals surface area contributed by atoms with Crippen molar-refractivity contribution in [1.29, 1.82) is 0 Å². The first kappa shape index (κ1) is 14.1. The Bertz CT molecular complexity index is 732. The van der Waals surface area contributed by atoms with Crippen molar-refractivity contribution in [2.24, 2.45) is 5.10 Å². The lowest BCUT2D eigenvalue weighted by Gasteiger charge is -1.99. The molecule has 0 atom stereocenters. The maximum atomic E-state index is 11.8. The fraction of sp³-hybridized carbons (Fsp3) is 0.267. The zero-order valence-corrected chi connectivity index (χ0v) is 12.2. The van der Waals surface area contributed by atoms with Gasteiger partial charge in [0.15, 0.2) is 0 Å². The van der Waals surface area contributed by atoms with Crippen LogP contribution in [0.1, 0.15) is 19.8 Å². The van der Waals surface area contributed by atoms with Gasteiger partial charge in [-0.05, 0) is 31.1 Å². The van der Waals surface area contributed by atoms with Crippen molar-refractivity contribution in [3.05, 3.63) is 42.0 Å². The molecule has 0 bridgehead atoms. The van der Waals surface area contributed by atoms with E-state index in [-0.39, 0.29) is 12.5 Å². The van der Waals surface area contributed by atoms with Crippen molar-refractivity contribution in [2.45, 2.75) is 26.3 Å². The molecule has 1 aromatic carbocycles. The largest absolute Gasteiger partial charge is 0.271 e. The second-order valence-electron chi connectivity index (χ2n) is 5.14. The fourth-order valence-corrected chi connectivity index (χ4v) is 2.15. The predicted octanol–water partition coefficient (Wildman–Crippen LogP) is 1.55. The Kier molecular flexibility index (Phi) is 4.04. The van der Waals surface area contributed by atoms with Crippen LogP contribution in [0.2, 0.25) is 0 Å². The third-order valence-electron chi connectivity index (χ3n) is 3.28. The average molecular weight is 296 g/mol. The topological polar surface area (TPSA) is 85.1 Å². The van der Waals surface area contributed by atoms with Crippen molar-refractivity contribution in [3.63, 3.8) is 0 Å². The first-order valence-electron chi connectivity index (χ1n) is 7.06. The van der Waals surface area contributed by atoms with Crippen LogP contribution in [0, 0.1) is 0 Å². The van der Waals surface area contributed by atoms with Crippen molar-refractivity contribution in [3.8, 4) is 11.4 Å². The van der Waals surface area contributed by atoms with Gasteiger partial charge < -0.3 is 0 Å². The van der Waals surface area contributed by atoms with Gasteiger partial charge in [0.25, 0.3) is 5.91 Å². The second-order valence-corrected chi connectivity index (χ2v) is 5.14. The number of amides is 1. The van der Waals surface area contributed by atoms with Crippen molar-refractivity contribution >= 4 is 11.6 Å². The number of aromatic nitrogens is 4. The highest BCUT2D eigenvalue weighted by Gasteiger charge is 2.10. The Hall–Kier alpha value is -2.83. The lowest BCUT2D eigenvalue weighted by atomic mass is 10.2. The van der Waals surface area contributed by atoms with Gasteiger partial charge >= 0.3 is 0 Å². The van der Waals surface area contributed by atoms with Crippen LogP contribution in [0.5, 0.6) is 0 Å². The highest BCUT2D eigenvalue weighted by atomic mass is 16.2. The molecule has 1 aliphatic rings. The van der Waals surface area contributed by atoms with E-state index in [1.807, 2.05) is 36.4 Å². The quantitative estimate of drug-likeness (QED) is 0.867. The molecular formula is C15H16N6O. The molecule has 2 aromatic rings. The minimum Gasteiger partial charge on any atom is -0.271 e. The summed E-state index contributed by atoms with van der Waals surface area (Å²) in [5.74, 6) is 0.219. The number of nitrogens with one attached hydrogen (secondary N) is 1. The molecular weight excluding hydrogens is 280 g/mol. The van der Waals surface area contributed by atoms with E-state index in [2.05, 4.69) is 32.9 Å². The Morgan fingerprint density at radius 1 is 1.32 bits per heavy atom. The molecule has 7 nitrogen and oxygen atoms in total. The molecule has 3 rings (SSSR count). The Labute approximate surface area is 127 Å². The maximum absolute atomic E-state index is 11.8. The molecule has 1 N–H and O–H groups in total. The third-order valence-corrected chi connectivity index (χ3v) is 3.28. The molecule has 0 radical (unpaired) electrons. The fourth-order valence-electron chi connectivity index (χ4n) is 2.15. The summed E-state index contributed by atoms with van der Waals surface area (Å²) >= 11 is 0. The van der Waals surface area contributed by atoms with E-state index in [9.17, 15) is 4.79 Å². The molecule has 0 fully saturated rings. The summed E-state index contributed by atoms with van der Waals surface area (Å²) in [5.41, 5.74) is 5.55. The van der Waals surface area contributed by atoms with Gasteiger partial charge in [0.05, 0.1) is 5.71 Å². The number of hydrogen-bond donors (Lipinski definition) is 1. The normalized spacial score (nSPS) is 15.9. The zero-order chi connectivity index (χ0) is 15.4. The summed E-state index contributed by atoms with van der Waals surface area (Å²) in [7, 11) is 0. The van der Waals surface area contributed by atoms with Gasteiger partial charge in [-0.2, -0.15) is 9.90 Å². The SMILES string of the molecule is CC1=C/C(=N/NC(=O)Cn2nnc(-c3ccccc3)n2)CC1. The van der Waals surface area contributed by atoms with Crippen molar-refractivity contribution < 1.29 is 4.79 Å². The molecule has 0 spiro atoms. The number of benzene rings is 1. The summed E-state index contributed by atoms with van der Waals surface area (Å²) in [6.45, 7) is 2.04. The number of nitrogens with zero attached hydrogens (tertiary/aromatic N) is 5. The number of hydrogen-bond acceptors (Lipinski definition) is 5. The van der Waals surface area contributed by atoms with Gasteiger partial charge in [-0.25, -0.2) is 5.43 Å². The van der Waals surface area contributed by atoms with Gasteiger partial charge in [-0.15, -0.1) is 10.2 Å². The molecule has 7 heteroatoms. The van der Waals surface area contributed by atoms with E-state index >= 15 is 0 Å². The van der Waals surface area contributed by atoms with Gasteiger partial charge in [-0.3, -0.25) is 4.79 Å². The third kappa shape index (κ3) is 3.43. The van der Waals surface area contributed by atoms with Gasteiger partial charge in [0, 0.05) is 5.56 Å². The van der Waals surface area contributed by atoms with Gasteiger partial charge in [0.1, 0.15) is 6.54 Å². The van der Waals surface area contributed by atoms with Crippen LogP contribution in [0.4, 0.5) is 0 Å². The molecule has 22 heavy (non-hydrogen) atoms. The Morgan fingerprint density at radius 2 is 2.14 bits per heavy atom. The molecule has 1 heterocycles. The van der Waals surface area contributed by atoms with Crippen molar-refractivity contribution in [1.82, 2.24) is 25.6 Å². The number of tetrazole rings is 1. The number of hydrazone groups is 1. The monoisotopic (exact) mass is 296 g/mol. The van der Waals surface area contributed by atoms with Crippen LogP contribution < -0.4 is 5.43 Å².